The maximum Gasteiger partial charge on any atom is 0.313 e. The minimum Gasteiger partial charge on any atom is -0.481 e. The number of pyridine rings is 1. The summed E-state index contributed by atoms with van der Waals surface area (Å²) in [6.45, 7) is 4.84. The molecule has 1 aromatic rings. The summed E-state index contributed by atoms with van der Waals surface area (Å²) in [7, 11) is 9.99. The van der Waals surface area contributed by atoms with E-state index in [1.165, 1.54) is 19.9 Å². The lowest BCUT2D eigenvalue weighted by Gasteiger charge is -2.21. The van der Waals surface area contributed by atoms with Gasteiger partial charge in [-0.1, -0.05) is 20.8 Å². The third-order valence-electron chi connectivity index (χ3n) is 7.34. The molecule has 20 nitrogen and oxygen atoms in total. The average Bonchev–Trinajstić information content (AvgIpc) is 3.23. The number of esters is 3. The van der Waals surface area contributed by atoms with E-state index in [4.69, 9.17) is 59.1 Å². The van der Waals surface area contributed by atoms with Gasteiger partial charge in [-0.05, 0) is 44.2 Å². The number of rotatable bonds is 24. The van der Waals surface area contributed by atoms with E-state index < -0.39 is 30.8 Å². The first kappa shape index (κ1) is 58.8. The fourth-order valence-electron chi connectivity index (χ4n) is 3.79. The van der Waals surface area contributed by atoms with E-state index in [0.717, 1.165) is 0 Å². The van der Waals surface area contributed by atoms with E-state index in [1.54, 1.807) is 12.4 Å². The molecule has 20 heteroatoms. The third kappa shape index (κ3) is 34.5. The van der Waals surface area contributed by atoms with Gasteiger partial charge in [0.2, 0.25) is 13.4 Å². The minimum absolute atomic E-state index is 0.0416. The van der Waals surface area contributed by atoms with Crippen molar-refractivity contribution in [3.05, 3.63) is 31.6 Å². The molecular formula is C38H69N2O18+. The van der Waals surface area contributed by atoms with Crippen molar-refractivity contribution in [2.45, 2.75) is 116 Å². The van der Waals surface area contributed by atoms with Crippen LogP contribution in [0.4, 0.5) is 5.69 Å². The molecule has 1 fully saturated rings. The van der Waals surface area contributed by atoms with E-state index in [1.807, 2.05) is 51.9 Å². The molecule has 0 amide bonds. The summed E-state index contributed by atoms with van der Waals surface area (Å²) in [5, 5.41) is 52.0. The lowest BCUT2D eigenvalue weighted by Crippen LogP contribution is -2.30. The highest BCUT2D eigenvalue weighted by molar-refractivity contribution is 5.87. The van der Waals surface area contributed by atoms with E-state index in [0.29, 0.717) is 38.5 Å². The zero-order valence-electron chi connectivity index (χ0n) is 35.1. The Kier molecular flexibility index (Phi) is 40.8. The van der Waals surface area contributed by atoms with Crippen molar-refractivity contribution in [3.63, 3.8) is 0 Å². The second-order valence-electron chi connectivity index (χ2n) is 12.1. The summed E-state index contributed by atoms with van der Waals surface area (Å²) in [6, 6.07) is 3.94. The predicted molar refractivity (Wildman–Crippen MR) is 209 cm³/mol. The number of aliphatic hydroxyl groups is 5. The number of ether oxygens (including phenoxy) is 8. The first-order chi connectivity index (χ1) is 27.7. The van der Waals surface area contributed by atoms with Gasteiger partial charge in [-0.2, -0.15) is 4.74 Å². The molecule has 1 aliphatic rings. The summed E-state index contributed by atoms with van der Waals surface area (Å²) in [5.74, 6) is -2.22. The molecule has 6 N–H and O–H groups in total. The number of cyclic esters (lactones) is 2. The molecule has 6 atom stereocenters. The van der Waals surface area contributed by atoms with Gasteiger partial charge >= 0.3 is 23.9 Å². The quantitative estimate of drug-likeness (QED) is 0.0373. The summed E-state index contributed by atoms with van der Waals surface area (Å²) < 4.78 is 38.9. The van der Waals surface area contributed by atoms with E-state index in [9.17, 15) is 19.2 Å². The van der Waals surface area contributed by atoms with Crippen molar-refractivity contribution in [3.8, 4) is 0 Å². The fourth-order valence-corrected chi connectivity index (χ4v) is 3.79. The van der Waals surface area contributed by atoms with Crippen LogP contribution in [0.25, 0.3) is 0 Å². The van der Waals surface area contributed by atoms with E-state index in [-0.39, 0.29) is 89.2 Å². The van der Waals surface area contributed by atoms with Crippen molar-refractivity contribution in [1.29, 1.82) is 0 Å². The van der Waals surface area contributed by atoms with Crippen LogP contribution in [0, 0.1) is 7.11 Å². The number of methoxy groups -OCH3 is 2. The number of hydrogen-bond acceptors (Lipinski definition) is 19. The Labute approximate surface area is 342 Å². The molecule has 0 bridgehead atoms. The Bertz CT molecular complexity index is 1060. The SMILES string of the molecule is CCC(CO)OC(CO)OC.CCC(CO)OC(COC(=O)CCCC(=O)O)OC.CN(C)c1ccncc1.O=C1CCCC(=O)O1.[CH2+]OC(CO)OC(CC)CO. The van der Waals surface area contributed by atoms with Crippen LogP contribution in [-0.2, 0) is 57.1 Å². The molecule has 0 saturated carbocycles. The van der Waals surface area contributed by atoms with Crippen molar-refractivity contribution in [2.24, 2.45) is 0 Å². The third-order valence-corrected chi connectivity index (χ3v) is 7.34. The number of anilines is 1. The molecule has 6 unspecified atom stereocenters. The number of carboxylic acids is 1. The van der Waals surface area contributed by atoms with Crippen molar-refractivity contribution in [2.75, 3.05) is 72.9 Å². The predicted octanol–water partition coefficient (Wildman–Crippen LogP) is 1.57. The average molecular weight is 842 g/mol. The Morgan fingerprint density at radius 2 is 1.21 bits per heavy atom. The Balaban J connectivity index is -0.000000677. The van der Waals surface area contributed by atoms with Crippen LogP contribution in [0.2, 0.25) is 0 Å². The molecule has 1 aliphatic heterocycles. The van der Waals surface area contributed by atoms with Gasteiger partial charge < -0.3 is 68.7 Å². The number of nitrogens with zero attached hydrogens (tertiary/aromatic N) is 2. The second-order valence-corrected chi connectivity index (χ2v) is 12.1. The summed E-state index contributed by atoms with van der Waals surface area (Å²) in [4.78, 5) is 48.0. The monoisotopic (exact) mass is 841 g/mol. The number of aliphatic hydroxyl groups excluding tert-OH is 5. The van der Waals surface area contributed by atoms with Crippen LogP contribution in [-0.4, -0.2) is 165 Å². The van der Waals surface area contributed by atoms with Crippen molar-refractivity contribution >= 4 is 29.6 Å². The zero-order chi connectivity index (χ0) is 44.7. The van der Waals surface area contributed by atoms with Gasteiger partial charge in [0.1, 0.15) is 6.61 Å². The molecule has 1 aromatic heterocycles. The van der Waals surface area contributed by atoms with Gasteiger partial charge in [-0.3, -0.25) is 24.2 Å². The number of aromatic nitrogens is 1. The molecular weight excluding hydrogens is 772 g/mol. The van der Waals surface area contributed by atoms with Crippen LogP contribution >= 0.6 is 0 Å². The summed E-state index contributed by atoms with van der Waals surface area (Å²) in [5.41, 5.74) is 1.19. The minimum atomic E-state index is -0.945. The smallest absolute Gasteiger partial charge is 0.313 e. The van der Waals surface area contributed by atoms with E-state index in [2.05, 4.69) is 21.6 Å². The normalized spacial score (nSPS) is 15.0. The standard InChI is InChI=1S/C12H22O7.C7H10N2.C7H16O4.C7H15O4.C5H6O3/c1-3-9(7-13)19-12(17-2)8-18-11(16)6-4-5-10(14)15;1-9(2)7-3-5-8-6-4-7;2*1-3-6(4-8)11-7(5-9)10-2;6-4-2-1-3-5(7)8-4/h9,12-13H,3-8H2,1-2H3,(H,14,15);3-6H,1-2H3;6-9H,3-5H2,1-2H3;6-9H,2-5H2,1H3;1-3H2/q;;;+1;. The maximum absolute atomic E-state index is 11.3. The van der Waals surface area contributed by atoms with Gasteiger partial charge in [0.25, 0.3) is 0 Å². The topological polar surface area (TPSA) is 280 Å². The lowest BCUT2D eigenvalue weighted by molar-refractivity contribution is -0.194. The number of aliphatic carboxylic acids is 1. The number of carbonyl (C=O) groups is 4. The van der Waals surface area contributed by atoms with Crippen LogP contribution in [0.1, 0.15) is 78.6 Å². The molecule has 2 rings (SSSR count). The van der Waals surface area contributed by atoms with Gasteiger partial charge in [0, 0.05) is 72.1 Å². The lowest BCUT2D eigenvalue weighted by atomic mass is 10.2. The Hall–Kier alpha value is -3.54. The maximum atomic E-state index is 11.3. The van der Waals surface area contributed by atoms with Crippen LogP contribution in [0.3, 0.4) is 0 Å². The summed E-state index contributed by atoms with van der Waals surface area (Å²) >= 11 is 0. The number of carboxylic acid groups (broad SMARTS) is 1. The van der Waals surface area contributed by atoms with E-state index >= 15 is 0 Å². The number of hydrogen-bond donors (Lipinski definition) is 6. The van der Waals surface area contributed by atoms with Crippen molar-refractivity contribution in [1.82, 2.24) is 4.98 Å². The van der Waals surface area contributed by atoms with Gasteiger partial charge in [-0.25, -0.2) is 0 Å². The Morgan fingerprint density at radius 1 is 0.759 bits per heavy atom. The van der Waals surface area contributed by atoms with Gasteiger partial charge in [-0.15, -0.1) is 0 Å². The highest BCUT2D eigenvalue weighted by Gasteiger charge is 2.18. The first-order valence-corrected chi connectivity index (χ1v) is 18.8. The van der Waals surface area contributed by atoms with Crippen LogP contribution < -0.4 is 4.90 Å². The molecule has 1 saturated heterocycles. The largest absolute Gasteiger partial charge is 0.481 e. The highest BCUT2D eigenvalue weighted by atomic mass is 16.7. The number of carbonyl (C=O) groups excluding carboxylic acids is 3. The molecule has 2 heterocycles. The van der Waals surface area contributed by atoms with Gasteiger partial charge in [0.15, 0.2) is 12.6 Å². The molecule has 0 aliphatic carbocycles. The highest BCUT2D eigenvalue weighted by Crippen LogP contribution is 2.08. The van der Waals surface area contributed by atoms with Crippen LogP contribution in [0.15, 0.2) is 24.5 Å². The molecule has 58 heavy (non-hydrogen) atoms. The molecule has 338 valence electrons. The molecule has 0 aromatic carbocycles. The van der Waals surface area contributed by atoms with Crippen LogP contribution in [0.5, 0.6) is 0 Å². The van der Waals surface area contributed by atoms with Gasteiger partial charge in [0.05, 0.1) is 51.3 Å². The first-order valence-electron chi connectivity index (χ1n) is 18.8. The zero-order valence-corrected chi connectivity index (χ0v) is 35.1. The summed E-state index contributed by atoms with van der Waals surface area (Å²) in [6.07, 6.45) is 4.24. The van der Waals surface area contributed by atoms with Crippen molar-refractivity contribution < 1.29 is 87.7 Å². The Morgan fingerprint density at radius 3 is 1.52 bits per heavy atom. The molecule has 0 radical (unpaired) electrons. The second kappa shape index (κ2) is 40.2. The molecule has 0 spiro atoms. The fraction of sp³-hybridized carbons (Fsp3) is 0.737.